The van der Waals surface area contributed by atoms with Crippen molar-refractivity contribution in [3.05, 3.63) is 36.0 Å². The van der Waals surface area contributed by atoms with Crippen molar-refractivity contribution in [1.82, 2.24) is 19.7 Å². The van der Waals surface area contributed by atoms with Crippen LogP contribution in [0.5, 0.6) is 5.75 Å². The van der Waals surface area contributed by atoms with Gasteiger partial charge in [0.05, 0.1) is 18.7 Å². The SMILES string of the molecule is CCNc1nc(NCc2ccc(OC)cc2)c2cnn(C)c2n1. The monoisotopic (exact) mass is 312 g/mol. The smallest absolute Gasteiger partial charge is 0.226 e. The zero-order chi connectivity index (χ0) is 16.2. The minimum Gasteiger partial charge on any atom is -0.497 e. The molecule has 0 aliphatic carbocycles. The predicted octanol–water partition coefficient (Wildman–Crippen LogP) is 2.42. The summed E-state index contributed by atoms with van der Waals surface area (Å²) < 4.78 is 6.92. The Morgan fingerprint density at radius 2 is 1.91 bits per heavy atom. The molecule has 120 valence electrons. The van der Waals surface area contributed by atoms with Crippen molar-refractivity contribution in [3.8, 4) is 5.75 Å². The molecule has 3 aromatic rings. The standard InChI is InChI=1S/C16H20N6O/c1-4-17-16-20-14(13-10-19-22(2)15(13)21-16)18-9-11-5-7-12(23-3)8-6-11/h5-8,10H,4,9H2,1-3H3,(H2,17,18,20,21). The van der Waals surface area contributed by atoms with Crippen molar-refractivity contribution >= 4 is 22.8 Å². The zero-order valence-corrected chi connectivity index (χ0v) is 13.5. The summed E-state index contributed by atoms with van der Waals surface area (Å²) in [5.74, 6) is 2.22. The Labute approximate surface area is 134 Å². The summed E-state index contributed by atoms with van der Waals surface area (Å²) in [6.07, 6.45) is 1.78. The molecule has 2 aromatic heterocycles. The highest BCUT2D eigenvalue weighted by Gasteiger charge is 2.11. The van der Waals surface area contributed by atoms with Gasteiger partial charge >= 0.3 is 0 Å². The molecule has 2 N–H and O–H groups in total. The molecule has 0 atom stereocenters. The fraction of sp³-hybridized carbons (Fsp3) is 0.312. The minimum atomic E-state index is 0.598. The first-order chi connectivity index (χ1) is 11.2. The van der Waals surface area contributed by atoms with Crippen LogP contribution >= 0.6 is 0 Å². The van der Waals surface area contributed by atoms with E-state index in [9.17, 15) is 0 Å². The van der Waals surface area contributed by atoms with Gasteiger partial charge in [-0.25, -0.2) is 0 Å². The number of methoxy groups -OCH3 is 1. The Kier molecular flexibility index (Phi) is 4.27. The number of fused-ring (bicyclic) bond motifs is 1. The summed E-state index contributed by atoms with van der Waals surface area (Å²) in [6, 6.07) is 7.94. The van der Waals surface area contributed by atoms with E-state index in [2.05, 4.69) is 25.7 Å². The van der Waals surface area contributed by atoms with Crippen molar-refractivity contribution in [3.63, 3.8) is 0 Å². The molecule has 3 rings (SSSR count). The van der Waals surface area contributed by atoms with Crippen molar-refractivity contribution in [2.45, 2.75) is 13.5 Å². The number of benzene rings is 1. The summed E-state index contributed by atoms with van der Waals surface area (Å²) in [7, 11) is 3.54. The number of rotatable bonds is 6. The molecule has 0 saturated carbocycles. The number of hydrogen-bond donors (Lipinski definition) is 2. The van der Waals surface area contributed by atoms with E-state index in [1.165, 1.54) is 0 Å². The predicted molar refractivity (Wildman–Crippen MR) is 90.8 cm³/mol. The Hall–Kier alpha value is -2.83. The lowest BCUT2D eigenvalue weighted by Crippen LogP contribution is -2.08. The molecule has 0 bridgehead atoms. The molecule has 1 aromatic carbocycles. The Morgan fingerprint density at radius 3 is 2.61 bits per heavy atom. The fourth-order valence-electron chi connectivity index (χ4n) is 2.32. The number of aromatic nitrogens is 4. The lowest BCUT2D eigenvalue weighted by molar-refractivity contribution is 0.414. The van der Waals surface area contributed by atoms with E-state index in [4.69, 9.17) is 4.74 Å². The second-order valence-electron chi connectivity index (χ2n) is 5.13. The van der Waals surface area contributed by atoms with Gasteiger partial charge in [0.25, 0.3) is 0 Å². The largest absolute Gasteiger partial charge is 0.497 e. The molecular weight excluding hydrogens is 292 g/mol. The van der Waals surface area contributed by atoms with Gasteiger partial charge in [0, 0.05) is 20.1 Å². The van der Waals surface area contributed by atoms with E-state index >= 15 is 0 Å². The van der Waals surface area contributed by atoms with Gasteiger partial charge in [0.2, 0.25) is 5.95 Å². The number of nitrogens with one attached hydrogen (secondary N) is 2. The average molecular weight is 312 g/mol. The number of nitrogens with zero attached hydrogens (tertiary/aromatic N) is 4. The van der Waals surface area contributed by atoms with E-state index < -0.39 is 0 Å². The third-order valence-corrected chi connectivity index (χ3v) is 3.55. The summed E-state index contributed by atoms with van der Waals surface area (Å²) in [5, 5.41) is 11.7. The molecule has 0 aliphatic heterocycles. The van der Waals surface area contributed by atoms with E-state index in [-0.39, 0.29) is 0 Å². The van der Waals surface area contributed by atoms with Crippen molar-refractivity contribution in [1.29, 1.82) is 0 Å². The van der Waals surface area contributed by atoms with Crippen LogP contribution in [0.4, 0.5) is 11.8 Å². The van der Waals surface area contributed by atoms with Gasteiger partial charge in [-0.15, -0.1) is 0 Å². The second-order valence-corrected chi connectivity index (χ2v) is 5.13. The summed E-state index contributed by atoms with van der Waals surface area (Å²) >= 11 is 0. The fourth-order valence-corrected chi connectivity index (χ4v) is 2.32. The van der Waals surface area contributed by atoms with Crippen LogP contribution in [0.15, 0.2) is 30.5 Å². The quantitative estimate of drug-likeness (QED) is 0.728. The van der Waals surface area contributed by atoms with E-state index in [1.54, 1.807) is 18.0 Å². The average Bonchev–Trinajstić information content (AvgIpc) is 2.95. The highest BCUT2D eigenvalue weighted by Crippen LogP contribution is 2.22. The third-order valence-electron chi connectivity index (χ3n) is 3.55. The third kappa shape index (κ3) is 3.18. The number of aryl methyl sites for hydroxylation is 1. The normalized spacial score (nSPS) is 10.7. The Balaban J connectivity index is 1.85. The molecule has 0 radical (unpaired) electrons. The van der Waals surface area contributed by atoms with Crippen LogP contribution < -0.4 is 15.4 Å². The van der Waals surface area contributed by atoms with Crippen LogP contribution in [0, 0.1) is 0 Å². The van der Waals surface area contributed by atoms with Gasteiger partial charge in [0.1, 0.15) is 11.6 Å². The molecule has 7 heteroatoms. The van der Waals surface area contributed by atoms with Crippen LogP contribution in [0.3, 0.4) is 0 Å². The summed E-state index contributed by atoms with van der Waals surface area (Å²) in [4.78, 5) is 9.03. The topological polar surface area (TPSA) is 76.9 Å². The molecule has 23 heavy (non-hydrogen) atoms. The minimum absolute atomic E-state index is 0.598. The molecule has 0 spiro atoms. The van der Waals surface area contributed by atoms with Crippen molar-refractivity contribution in [2.75, 3.05) is 24.3 Å². The van der Waals surface area contributed by atoms with Crippen LogP contribution in [0.2, 0.25) is 0 Å². The second kappa shape index (κ2) is 6.51. The number of anilines is 2. The summed E-state index contributed by atoms with van der Waals surface area (Å²) in [6.45, 7) is 3.44. The van der Waals surface area contributed by atoms with Gasteiger partial charge in [-0.3, -0.25) is 4.68 Å². The van der Waals surface area contributed by atoms with Crippen LogP contribution in [0.1, 0.15) is 12.5 Å². The zero-order valence-electron chi connectivity index (χ0n) is 13.5. The first-order valence-electron chi connectivity index (χ1n) is 7.51. The Bertz CT molecular complexity index is 796. The van der Waals surface area contributed by atoms with Crippen molar-refractivity contribution < 1.29 is 4.74 Å². The van der Waals surface area contributed by atoms with Gasteiger partial charge in [-0.1, -0.05) is 12.1 Å². The van der Waals surface area contributed by atoms with Crippen LogP contribution in [-0.2, 0) is 13.6 Å². The number of hydrogen-bond acceptors (Lipinski definition) is 6. The van der Waals surface area contributed by atoms with Gasteiger partial charge < -0.3 is 15.4 Å². The van der Waals surface area contributed by atoms with Gasteiger partial charge in [-0.2, -0.15) is 15.1 Å². The maximum Gasteiger partial charge on any atom is 0.226 e. The molecule has 0 fully saturated rings. The maximum atomic E-state index is 5.17. The number of ether oxygens (including phenoxy) is 1. The highest BCUT2D eigenvalue weighted by molar-refractivity contribution is 5.87. The molecular formula is C16H20N6O. The molecule has 0 saturated heterocycles. The molecule has 0 amide bonds. The molecule has 0 unspecified atom stereocenters. The first-order valence-corrected chi connectivity index (χ1v) is 7.51. The van der Waals surface area contributed by atoms with E-state index in [0.717, 1.165) is 34.7 Å². The van der Waals surface area contributed by atoms with Gasteiger partial charge in [0.15, 0.2) is 5.65 Å². The van der Waals surface area contributed by atoms with E-state index in [0.29, 0.717) is 12.5 Å². The highest BCUT2D eigenvalue weighted by atomic mass is 16.5. The molecule has 2 heterocycles. The van der Waals surface area contributed by atoms with Crippen LogP contribution in [0.25, 0.3) is 11.0 Å². The maximum absolute atomic E-state index is 5.17. The molecule has 0 aliphatic rings. The van der Waals surface area contributed by atoms with E-state index in [1.807, 2.05) is 38.2 Å². The molecule has 7 nitrogen and oxygen atoms in total. The first kappa shape index (κ1) is 15.1. The summed E-state index contributed by atoms with van der Waals surface area (Å²) in [5.41, 5.74) is 1.94. The Morgan fingerprint density at radius 1 is 1.13 bits per heavy atom. The van der Waals surface area contributed by atoms with Crippen LogP contribution in [-0.4, -0.2) is 33.4 Å². The lowest BCUT2D eigenvalue weighted by atomic mass is 10.2. The van der Waals surface area contributed by atoms with Gasteiger partial charge in [-0.05, 0) is 24.6 Å². The van der Waals surface area contributed by atoms with Crippen molar-refractivity contribution in [2.24, 2.45) is 7.05 Å². The lowest BCUT2D eigenvalue weighted by Gasteiger charge is -2.10.